The molecule has 1 heterocycles. The van der Waals surface area contributed by atoms with Crippen LogP contribution in [0.5, 0.6) is 0 Å². The fourth-order valence-corrected chi connectivity index (χ4v) is 4.77. The van der Waals surface area contributed by atoms with E-state index in [0.29, 0.717) is 12.1 Å². The van der Waals surface area contributed by atoms with Gasteiger partial charge >= 0.3 is 5.97 Å². The quantitative estimate of drug-likeness (QED) is 0.222. The van der Waals surface area contributed by atoms with Gasteiger partial charge in [0.15, 0.2) is 0 Å². The van der Waals surface area contributed by atoms with Crippen LogP contribution < -0.4 is 5.32 Å². The third-order valence-corrected chi connectivity index (χ3v) is 7.08. The molecular formula is C31H25BrN2O3. The standard InChI is InChI=1S/C31H25BrN2O3/c1-20(21-10-13-27(32)14-11-21)33-30(35)25-12-15-29-24(18-25)16-17-34(29)19-26-4-2-3-5-28(26)22-6-8-23(9-7-22)31(36)37/h2-18,20H,19H2,1H3,(H,33,35)(H,36,37)/t20-/m0/s1. The molecule has 0 saturated carbocycles. The summed E-state index contributed by atoms with van der Waals surface area (Å²) in [7, 11) is 0. The number of benzene rings is 4. The molecule has 0 fully saturated rings. The minimum absolute atomic E-state index is 0.109. The molecule has 0 aliphatic rings. The molecular weight excluding hydrogens is 528 g/mol. The molecule has 5 aromatic rings. The topological polar surface area (TPSA) is 71.3 Å². The van der Waals surface area contributed by atoms with Gasteiger partial charge in [-0.3, -0.25) is 4.79 Å². The highest BCUT2D eigenvalue weighted by molar-refractivity contribution is 9.10. The van der Waals surface area contributed by atoms with E-state index in [1.165, 1.54) is 0 Å². The Morgan fingerprint density at radius 3 is 2.32 bits per heavy atom. The van der Waals surface area contributed by atoms with Crippen LogP contribution in [-0.4, -0.2) is 21.6 Å². The van der Waals surface area contributed by atoms with Crippen LogP contribution in [-0.2, 0) is 6.54 Å². The summed E-state index contributed by atoms with van der Waals surface area (Å²) in [6.45, 7) is 2.62. The lowest BCUT2D eigenvalue weighted by molar-refractivity contribution is 0.0696. The number of hydrogen-bond donors (Lipinski definition) is 2. The molecule has 1 amide bonds. The highest BCUT2D eigenvalue weighted by Gasteiger charge is 2.14. The van der Waals surface area contributed by atoms with Gasteiger partial charge in [0.1, 0.15) is 0 Å². The number of nitrogens with zero attached hydrogens (tertiary/aromatic N) is 1. The Morgan fingerprint density at radius 1 is 0.892 bits per heavy atom. The maximum absolute atomic E-state index is 12.9. The molecule has 1 aromatic heterocycles. The number of aromatic nitrogens is 1. The molecule has 0 saturated heterocycles. The van der Waals surface area contributed by atoms with Gasteiger partial charge in [-0.05, 0) is 77.7 Å². The molecule has 5 nitrogen and oxygen atoms in total. The number of aromatic carboxylic acids is 1. The first-order chi connectivity index (χ1) is 17.9. The smallest absolute Gasteiger partial charge is 0.335 e. The zero-order chi connectivity index (χ0) is 25.9. The van der Waals surface area contributed by atoms with Crippen LogP contribution in [0.1, 0.15) is 44.8 Å². The van der Waals surface area contributed by atoms with Crippen LogP contribution in [0.15, 0.2) is 108 Å². The summed E-state index contributed by atoms with van der Waals surface area (Å²) in [6.07, 6.45) is 2.03. The van der Waals surface area contributed by atoms with Gasteiger partial charge in [0.2, 0.25) is 0 Å². The van der Waals surface area contributed by atoms with E-state index < -0.39 is 5.97 Å². The fraction of sp³-hybridized carbons (Fsp3) is 0.0968. The number of rotatable bonds is 7. The predicted octanol–water partition coefficient (Wildman–Crippen LogP) is 7.31. The second-order valence-electron chi connectivity index (χ2n) is 9.00. The van der Waals surface area contributed by atoms with Gasteiger partial charge in [-0.25, -0.2) is 4.79 Å². The monoisotopic (exact) mass is 552 g/mol. The lowest BCUT2D eigenvalue weighted by Crippen LogP contribution is -2.26. The number of halogens is 1. The van der Waals surface area contributed by atoms with Crippen molar-refractivity contribution < 1.29 is 14.7 Å². The molecule has 0 radical (unpaired) electrons. The van der Waals surface area contributed by atoms with Crippen LogP contribution in [0.25, 0.3) is 22.0 Å². The Balaban J connectivity index is 1.36. The molecule has 2 N–H and O–H groups in total. The summed E-state index contributed by atoms with van der Waals surface area (Å²) in [6, 6.07) is 30.7. The molecule has 0 aliphatic carbocycles. The second kappa shape index (κ2) is 10.4. The molecule has 4 aromatic carbocycles. The average molecular weight is 553 g/mol. The van der Waals surface area contributed by atoms with Crippen molar-refractivity contribution in [2.75, 3.05) is 0 Å². The van der Waals surface area contributed by atoms with Crippen molar-refractivity contribution in [1.82, 2.24) is 9.88 Å². The largest absolute Gasteiger partial charge is 0.478 e. The summed E-state index contributed by atoms with van der Waals surface area (Å²) in [5.74, 6) is -1.05. The SMILES string of the molecule is C[C@H](NC(=O)c1ccc2c(ccn2Cc2ccccc2-c2ccc(C(=O)O)cc2)c1)c1ccc(Br)cc1. The number of nitrogens with one attached hydrogen (secondary N) is 1. The van der Waals surface area contributed by atoms with Crippen molar-refractivity contribution >= 4 is 38.7 Å². The molecule has 37 heavy (non-hydrogen) atoms. The normalized spacial score (nSPS) is 11.8. The minimum Gasteiger partial charge on any atom is -0.478 e. The number of fused-ring (bicyclic) bond motifs is 1. The molecule has 0 bridgehead atoms. The van der Waals surface area contributed by atoms with Crippen molar-refractivity contribution in [2.45, 2.75) is 19.5 Å². The number of hydrogen-bond acceptors (Lipinski definition) is 2. The zero-order valence-corrected chi connectivity index (χ0v) is 21.8. The Morgan fingerprint density at radius 2 is 1.59 bits per heavy atom. The first-order valence-electron chi connectivity index (χ1n) is 12.0. The molecule has 1 atom stereocenters. The van der Waals surface area contributed by atoms with Gasteiger partial charge in [0, 0.05) is 33.7 Å². The summed E-state index contributed by atoms with van der Waals surface area (Å²) < 4.78 is 3.16. The fourth-order valence-electron chi connectivity index (χ4n) is 4.51. The van der Waals surface area contributed by atoms with Crippen LogP contribution in [0.2, 0.25) is 0 Å². The Kier molecular flexibility index (Phi) is 6.93. The predicted molar refractivity (Wildman–Crippen MR) is 150 cm³/mol. The van der Waals surface area contributed by atoms with E-state index in [2.05, 4.69) is 31.9 Å². The van der Waals surface area contributed by atoms with E-state index in [0.717, 1.165) is 37.6 Å². The van der Waals surface area contributed by atoms with Gasteiger partial charge in [-0.2, -0.15) is 0 Å². The van der Waals surface area contributed by atoms with E-state index in [9.17, 15) is 14.7 Å². The maximum atomic E-state index is 12.9. The minimum atomic E-state index is -0.936. The number of carbonyl (C=O) groups is 2. The van der Waals surface area contributed by atoms with Crippen molar-refractivity contribution in [1.29, 1.82) is 0 Å². The molecule has 6 heteroatoms. The highest BCUT2D eigenvalue weighted by atomic mass is 79.9. The average Bonchev–Trinajstić information content (AvgIpc) is 3.31. The van der Waals surface area contributed by atoms with Crippen LogP contribution in [0.4, 0.5) is 0 Å². The van der Waals surface area contributed by atoms with Crippen LogP contribution in [0, 0.1) is 0 Å². The zero-order valence-electron chi connectivity index (χ0n) is 20.2. The van der Waals surface area contributed by atoms with E-state index in [1.807, 2.05) is 92.0 Å². The van der Waals surface area contributed by atoms with Crippen LogP contribution >= 0.6 is 15.9 Å². The summed E-state index contributed by atoms with van der Waals surface area (Å²) in [5, 5.41) is 13.3. The lowest BCUT2D eigenvalue weighted by Gasteiger charge is -2.15. The van der Waals surface area contributed by atoms with Crippen molar-refractivity contribution in [2.24, 2.45) is 0 Å². The first-order valence-corrected chi connectivity index (χ1v) is 12.8. The molecule has 0 aliphatic heterocycles. The first kappa shape index (κ1) is 24.5. The summed E-state index contributed by atoms with van der Waals surface area (Å²) in [5.41, 5.74) is 6.11. The molecule has 5 rings (SSSR count). The number of amides is 1. The van der Waals surface area contributed by atoms with Crippen molar-refractivity contribution in [3.05, 3.63) is 130 Å². The van der Waals surface area contributed by atoms with Gasteiger partial charge in [0.25, 0.3) is 5.91 Å². The molecule has 0 unspecified atom stereocenters. The summed E-state index contributed by atoms with van der Waals surface area (Å²) in [4.78, 5) is 24.2. The van der Waals surface area contributed by atoms with Gasteiger partial charge in [0.05, 0.1) is 11.6 Å². The van der Waals surface area contributed by atoms with Gasteiger partial charge in [-0.15, -0.1) is 0 Å². The number of carbonyl (C=O) groups excluding carboxylic acids is 1. The van der Waals surface area contributed by atoms with E-state index in [4.69, 9.17) is 0 Å². The summed E-state index contributed by atoms with van der Waals surface area (Å²) >= 11 is 3.44. The highest BCUT2D eigenvalue weighted by Crippen LogP contribution is 2.27. The molecule has 184 valence electrons. The van der Waals surface area contributed by atoms with E-state index >= 15 is 0 Å². The maximum Gasteiger partial charge on any atom is 0.335 e. The Labute approximate surface area is 223 Å². The lowest BCUT2D eigenvalue weighted by atomic mass is 9.98. The van der Waals surface area contributed by atoms with E-state index in [-0.39, 0.29) is 17.5 Å². The van der Waals surface area contributed by atoms with Crippen LogP contribution in [0.3, 0.4) is 0 Å². The number of carboxylic acid groups (broad SMARTS) is 1. The van der Waals surface area contributed by atoms with E-state index in [1.54, 1.807) is 12.1 Å². The Hall–Kier alpha value is -4.16. The number of carboxylic acids is 1. The van der Waals surface area contributed by atoms with Crippen molar-refractivity contribution in [3.63, 3.8) is 0 Å². The third kappa shape index (κ3) is 5.34. The van der Waals surface area contributed by atoms with Gasteiger partial charge < -0.3 is 15.0 Å². The van der Waals surface area contributed by atoms with Crippen molar-refractivity contribution in [3.8, 4) is 11.1 Å². The molecule has 0 spiro atoms. The third-order valence-electron chi connectivity index (χ3n) is 6.55. The second-order valence-corrected chi connectivity index (χ2v) is 9.92. The van der Waals surface area contributed by atoms with Gasteiger partial charge in [-0.1, -0.05) is 64.5 Å². The Bertz CT molecular complexity index is 1590.